The number of nitrogens with zero attached hydrogens (tertiary/aromatic N) is 7. The zero-order valence-electron chi connectivity index (χ0n) is 19.7. The molecule has 0 aliphatic carbocycles. The minimum absolute atomic E-state index is 0.112. The van der Waals surface area contributed by atoms with Crippen molar-refractivity contribution < 1.29 is 22.3 Å². The van der Waals surface area contributed by atoms with E-state index in [0.29, 0.717) is 62.4 Å². The van der Waals surface area contributed by atoms with Gasteiger partial charge in [0.1, 0.15) is 23.3 Å². The van der Waals surface area contributed by atoms with Crippen molar-refractivity contribution >= 4 is 17.6 Å². The third kappa shape index (κ3) is 5.13. The van der Waals surface area contributed by atoms with Crippen LogP contribution in [0, 0.1) is 17.1 Å². The molecule has 0 saturated carbocycles. The van der Waals surface area contributed by atoms with Gasteiger partial charge in [-0.05, 0) is 36.4 Å². The van der Waals surface area contributed by atoms with E-state index >= 15 is 0 Å². The average Bonchev–Trinajstić information content (AvgIpc) is 2.93. The number of halogens is 4. The predicted octanol–water partition coefficient (Wildman–Crippen LogP) is 3.73. The van der Waals surface area contributed by atoms with Gasteiger partial charge in [-0.1, -0.05) is 0 Å². The van der Waals surface area contributed by atoms with Crippen LogP contribution in [0.25, 0.3) is 11.3 Å². The van der Waals surface area contributed by atoms with Crippen molar-refractivity contribution in [1.82, 2.24) is 15.0 Å². The van der Waals surface area contributed by atoms with Crippen molar-refractivity contribution in [3.05, 3.63) is 59.5 Å². The number of hydrogen-bond acceptors (Lipinski definition) is 8. The van der Waals surface area contributed by atoms with Gasteiger partial charge in [-0.2, -0.15) is 23.4 Å². The van der Waals surface area contributed by atoms with E-state index in [9.17, 15) is 22.8 Å². The lowest BCUT2D eigenvalue weighted by Crippen LogP contribution is -2.48. The fourth-order valence-electron chi connectivity index (χ4n) is 4.49. The smallest absolute Gasteiger partial charge is 0.378 e. The Morgan fingerprint density at radius 1 is 0.838 bits per heavy atom. The lowest BCUT2D eigenvalue weighted by Gasteiger charge is -2.37. The van der Waals surface area contributed by atoms with Crippen molar-refractivity contribution in [2.45, 2.75) is 6.18 Å². The highest BCUT2D eigenvalue weighted by Crippen LogP contribution is 2.36. The monoisotopic (exact) mass is 513 g/mol. The lowest BCUT2D eigenvalue weighted by atomic mass is 10.1. The molecular weight excluding hydrogens is 490 g/mol. The van der Waals surface area contributed by atoms with E-state index in [0.717, 1.165) is 6.07 Å². The standard InChI is InChI=1S/C25H23F4N7O/c26-18-5-3-17(4-6-18)21-19(16-30)22(33-24(32-21)36-12-14-37-15-13-36)34-8-10-35(11-9-34)23-20(25(27,28)29)2-1-7-31-23/h1-7H,8-15H2. The highest BCUT2D eigenvalue weighted by molar-refractivity contribution is 5.75. The first-order chi connectivity index (χ1) is 17.8. The number of nitriles is 1. The van der Waals surface area contributed by atoms with Gasteiger partial charge in [0.2, 0.25) is 5.95 Å². The van der Waals surface area contributed by atoms with Gasteiger partial charge in [-0.3, -0.25) is 0 Å². The number of piperazine rings is 1. The molecule has 2 aromatic heterocycles. The summed E-state index contributed by atoms with van der Waals surface area (Å²) in [5.74, 6) is 0.297. The lowest BCUT2D eigenvalue weighted by molar-refractivity contribution is -0.137. The van der Waals surface area contributed by atoms with Gasteiger partial charge in [0, 0.05) is 51.0 Å². The largest absolute Gasteiger partial charge is 0.419 e. The minimum atomic E-state index is -4.52. The van der Waals surface area contributed by atoms with E-state index in [-0.39, 0.29) is 24.5 Å². The molecule has 0 radical (unpaired) electrons. The van der Waals surface area contributed by atoms with Crippen molar-refractivity contribution in [2.24, 2.45) is 0 Å². The first-order valence-corrected chi connectivity index (χ1v) is 11.8. The molecule has 2 aliphatic heterocycles. The van der Waals surface area contributed by atoms with Crippen molar-refractivity contribution in [2.75, 3.05) is 67.2 Å². The van der Waals surface area contributed by atoms with Crippen LogP contribution in [-0.2, 0) is 10.9 Å². The molecule has 0 N–H and O–H groups in total. The summed E-state index contributed by atoms with van der Waals surface area (Å²) in [5.41, 5.74) is 0.390. The van der Waals surface area contributed by atoms with E-state index in [1.165, 1.54) is 24.4 Å². The van der Waals surface area contributed by atoms with Gasteiger partial charge in [0.05, 0.1) is 24.5 Å². The maximum Gasteiger partial charge on any atom is 0.419 e. The Labute approximate surface area is 210 Å². The summed E-state index contributed by atoms with van der Waals surface area (Å²) in [4.78, 5) is 18.8. The Hall–Kier alpha value is -3.98. The third-order valence-electron chi connectivity index (χ3n) is 6.37. The second-order valence-corrected chi connectivity index (χ2v) is 8.64. The number of alkyl halides is 3. The van der Waals surface area contributed by atoms with Gasteiger partial charge >= 0.3 is 6.18 Å². The molecule has 0 amide bonds. The zero-order valence-corrected chi connectivity index (χ0v) is 19.7. The number of pyridine rings is 1. The highest BCUT2D eigenvalue weighted by atomic mass is 19.4. The summed E-state index contributed by atoms with van der Waals surface area (Å²) in [6.45, 7) is 3.32. The summed E-state index contributed by atoms with van der Waals surface area (Å²) in [6.07, 6.45) is -3.17. The highest BCUT2D eigenvalue weighted by Gasteiger charge is 2.36. The summed E-state index contributed by atoms with van der Waals surface area (Å²) in [6, 6.07) is 10.2. The van der Waals surface area contributed by atoms with Crippen molar-refractivity contribution in [3.63, 3.8) is 0 Å². The van der Waals surface area contributed by atoms with E-state index in [1.807, 2.05) is 9.80 Å². The molecule has 0 spiro atoms. The predicted molar refractivity (Wildman–Crippen MR) is 129 cm³/mol. The molecule has 37 heavy (non-hydrogen) atoms. The topological polar surface area (TPSA) is 81.4 Å². The Bertz CT molecular complexity index is 1300. The minimum Gasteiger partial charge on any atom is -0.378 e. The molecule has 0 unspecified atom stereocenters. The van der Waals surface area contributed by atoms with E-state index in [1.54, 1.807) is 17.0 Å². The first kappa shape index (κ1) is 24.7. The maximum absolute atomic E-state index is 13.6. The molecule has 192 valence electrons. The van der Waals surface area contributed by atoms with Gasteiger partial charge in [-0.25, -0.2) is 14.4 Å². The van der Waals surface area contributed by atoms with E-state index in [4.69, 9.17) is 9.72 Å². The van der Waals surface area contributed by atoms with Crippen LogP contribution in [-0.4, -0.2) is 67.4 Å². The Balaban J connectivity index is 1.49. The third-order valence-corrected chi connectivity index (χ3v) is 6.37. The van der Waals surface area contributed by atoms with Gasteiger partial charge in [-0.15, -0.1) is 0 Å². The number of anilines is 3. The Morgan fingerprint density at radius 2 is 1.49 bits per heavy atom. The second kappa shape index (κ2) is 10.2. The van der Waals surface area contributed by atoms with Crippen LogP contribution in [0.3, 0.4) is 0 Å². The van der Waals surface area contributed by atoms with Gasteiger partial charge in [0.25, 0.3) is 0 Å². The number of ether oxygens (including phenoxy) is 1. The van der Waals surface area contributed by atoms with Crippen LogP contribution in [0.1, 0.15) is 11.1 Å². The fraction of sp³-hybridized carbons (Fsp3) is 0.360. The number of aromatic nitrogens is 3. The number of benzene rings is 1. The SMILES string of the molecule is N#Cc1c(-c2ccc(F)cc2)nc(N2CCOCC2)nc1N1CCN(c2ncccc2C(F)(F)F)CC1. The van der Waals surface area contributed by atoms with Gasteiger partial charge in [0.15, 0.2) is 5.82 Å². The normalized spacial score (nSPS) is 16.6. The van der Waals surface area contributed by atoms with Crippen LogP contribution < -0.4 is 14.7 Å². The Kier molecular flexibility index (Phi) is 6.80. The summed E-state index contributed by atoms with van der Waals surface area (Å²) < 4.78 is 59.6. The number of rotatable bonds is 4. The number of hydrogen-bond donors (Lipinski definition) is 0. The van der Waals surface area contributed by atoms with Crippen molar-refractivity contribution in [3.8, 4) is 17.3 Å². The summed E-state index contributed by atoms with van der Waals surface area (Å²) >= 11 is 0. The molecule has 2 saturated heterocycles. The fourth-order valence-corrected chi connectivity index (χ4v) is 4.49. The molecule has 0 bridgehead atoms. The van der Waals surface area contributed by atoms with Crippen LogP contribution in [0.4, 0.5) is 35.1 Å². The van der Waals surface area contributed by atoms with Crippen LogP contribution in [0.5, 0.6) is 0 Å². The van der Waals surface area contributed by atoms with Gasteiger partial charge < -0.3 is 19.4 Å². The molecule has 2 aliphatic rings. The number of morpholine rings is 1. The molecule has 1 aromatic carbocycles. The molecule has 3 aromatic rings. The quantitative estimate of drug-likeness (QED) is 0.489. The summed E-state index contributed by atoms with van der Waals surface area (Å²) in [5, 5.41) is 10.1. The molecule has 2 fully saturated rings. The van der Waals surface area contributed by atoms with Crippen LogP contribution in [0.15, 0.2) is 42.6 Å². The average molecular weight is 513 g/mol. The van der Waals surface area contributed by atoms with E-state index < -0.39 is 17.6 Å². The second-order valence-electron chi connectivity index (χ2n) is 8.64. The molecule has 4 heterocycles. The van der Waals surface area contributed by atoms with E-state index in [2.05, 4.69) is 16.0 Å². The van der Waals surface area contributed by atoms with Crippen LogP contribution in [0.2, 0.25) is 0 Å². The molecule has 12 heteroatoms. The molecule has 5 rings (SSSR count). The Morgan fingerprint density at radius 3 is 2.11 bits per heavy atom. The molecule has 8 nitrogen and oxygen atoms in total. The summed E-state index contributed by atoms with van der Waals surface area (Å²) in [7, 11) is 0. The van der Waals surface area contributed by atoms with Crippen LogP contribution >= 0.6 is 0 Å². The maximum atomic E-state index is 13.6. The molecular formula is C25H23F4N7O. The molecule has 0 atom stereocenters. The van der Waals surface area contributed by atoms with Crippen molar-refractivity contribution in [1.29, 1.82) is 5.26 Å². The zero-order chi connectivity index (χ0) is 26.0. The first-order valence-electron chi connectivity index (χ1n) is 11.8.